The molecule has 2 rings (SSSR count). The number of amides is 1. The van der Waals surface area contributed by atoms with Gasteiger partial charge in [0.25, 0.3) is 0 Å². The van der Waals surface area contributed by atoms with Crippen molar-refractivity contribution in [3.63, 3.8) is 0 Å². The van der Waals surface area contributed by atoms with Gasteiger partial charge in [0.05, 0.1) is 12.8 Å². The Bertz CT molecular complexity index is 447. The smallest absolute Gasteiger partial charge is 0.220 e. The zero-order valence-corrected chi connectivity index (χ0v) is 12.8. The summed E-state index contributed by atoms with van der Waals surface area (Å²) < 4.78 is 1.75. The number of aryl methyl sites for hydroxylation is 2. The first-order valence-corrected chi connectivity index (χ1v) is 7.78. The van der Waals surface area contributed by atoms with E-state index in [1.165, 1.54) is 12.8 Å². The van der Waals surface area contributed by atoms with E-state index in [1.807, 2.05) is 13.2 Å². The summed E-state index contributed by atoms with van der Waals surface area (Å²) >= 11 is 0. The van der Waals surface area contributed by atoms with Gasteiger partial charge in [-0.1, -0.05) is 6.42 Å². The van der Waals surface area contributed by atoms with Crippen molar-refractivity contribution in [1.29, 1.82) is 0 Å². The molecule has 1 aliphatic heterocycles. The zero-order chi connectivity index (χ0) is 15.1. The quantitative estimate of drug-likeness (QED) is 0.759. The number of likely N-dealkylation sites (tertiary alicyclic amines) is 1. The highest BCUT2D eigenvalue weighted by Gasteiger charge is 2.20. The summed E-state index contributed by atoms with van der Waals surface area (Å²) in [4.78, 5) is 14.1. The molecule has 1 saturated heterocycles. The number of rotatable bonds is 7. The SMILES string of the molecule is Cn1cc(CCC(=O)NCCN2CCCCC2CO)cn1. The molecule has 1 unspecified atom stereocenters. The van der Waals surface area contributed by atoms with E-state index in [2.05, 4.69) is 15.3 Å². The molecule has 6 heteroatoms. The van der Waals surface area contributed by atoms with Crippen LogP contribution in [0.4, 0.5) is 0 Å². The van der Waals surface area contributed by atoms with Crippen molar-refractivity contribution in [2.75, 3.05) is 26.2 Å². The molecule has 0 aliphatic carbocycles. The molecule has 2 N–H and O–H groups in total. The topological polar surface area (TPSA) is 70.4 Å². The molecule has 21 heavy (non-hydrogen) atoms. The fraction of sp³-hybridized carbons (Fsp3) is 0.733. The highest BCUT2D eigenvalue weighted by molar-refractivity contribution is 5.76. The standard InChI is InChI=1S/C15H26N4O2/c1-18-11-13(10-17-18)5-6-15(21)16-7-9-19-8-3-2-4-14(19)12-20/h10-11,14,20H,2-9,12H2,1H3,(H,16,21). The van der Waals surface area contributed by atoms with Crippen LogP contribution in [0.2, 0.25) is 0 Å². The van der Waals surface area contributed by atoms with Gasteiger partial charge in [0.2, 0.25) is 5.91 Å². The number of carbonyl (C=O) groups is 1. The second-order valence-electron chi connectivity index (χ2n) is 5.74. The number of piperidine rings is 1. The van der Waals surface area contributed by atoms with Crippen LogP contribution in [-0.2, 0) is 18.3 Å². The Hall–Kier alpha value is -1.40. The monoisotopic (exact) mass is 294 g/mol. The minimum atomic E-state index is 0.0800. The Morgan fingerprint density at radius 2 is 2.38 bits per heavy atom. The van der Waals surface area contributed by atoms with Gasteiger partial charge in [-0.25, -0.2) is 0 Å². The van der Waals surface area contributed by atoms with Crippen molar-refractivity contribution >= 4 is 5.91 Å². The van der Waals surface area contributed by atoms with E-state index in [0.717, 1.165) is 31.5 Å². The fourth-order valence-electron chi connectivity index (χ4n) is 2.85. The third-order valence-corrected chi connectivity index (χ3v) is 4.08. The second kappa shape index (κ2) is 8.14. The maximum absolute atomic E-state index is 11.8. The number of aliphatic hydroxyl groups is 1. The van der Waals surface area contributed by atoms with Crippen LogP contribution < -0.4 is 5.32 Å². The van der Waals surface area contributed by atoms with Crippen LogP contribution >= 0.6 is 0 Å². The van der Waals surface area contributed by atoms with E-state index < -0.39 is 0 Å². The lowest BCUT2D eigenvalue weighted by Gasteiger charge is -2.34. The maximum Gasteiger partial charge on any atom is 0.220 e. The van der Waals surface area contributed by atoms with Crippen LogP contribution in [-0.4, -0.2) is 58.0 Å². The summed E-state index contributed by atoms with van der Waals surface area (Å²) in [5.41, 5.74) is 1.09. The molecule has 1 fully saturated rings. The lowest BCUT2D eigenvalue weighted by Crippen LogP contribution is -2.45. The second-order valence-corrected chi connectivity index (χ2v) is 5.74. The molecule has 6 nitrogen and oxygen atoms in total. The minimum absolute atomic E-state index is 0.0800. The molecule has 1 aliphatic rings. The van der Waals surface area contributed by atoms with Crippen LogP contribution in [0.15, 0.2) is 12.4 Å². The van der Waals surface area contributed by atoms with E-state index in [9.17, 15) is 9.90 Å². The molecule has 0 radical (unpaired) electrons. The van der Waals surface area contributed by atoms with Gasteiger partial charge in [0.15, 0.2) is 0 Å². The molecule has 0 saturated carbocycles. The largest absolute Gasteiger partial charge is 0.395 e. The van der Waals surface area contributed by atoms with Crippen molar-refractivity contribution in [2.24, 2.45) is 7.05 Å². The summed E-state index contributed by atoms with van der Waals surface area (Å²) in [6, 6.07) is 0.269. The van der Waals surface area contributed by atoms with Crippen molar-refractivity contribution in [1.82, 2.24) is 20.0 Å². The summed E-state index contributed by atoms with van der Waals surface area (Å²) in [5, 5.41) is 16.4. The number of hydrogen-bond acceptors (Lipinski definition) is 4. The number of nitrogens with zero attached hydrogens (tertiary/aromatic N) is 3. The average molecular weight is 294 g/mol. The van der Waals surface area contributed by atoms with Gasteiger partial charge in [-0.2, -0.15) is 5.10 Å². The number of aromatic nitrogens is 2. The Labute approximate surface area is 126 Å². The molecule has 1 amide bonds. The van der Waals surface area contributed by atoms with Crippen molar-refractivity contribution in [3.05, 3.63) is 18.0 Å². The first-order chi connectivity index (χ1) is 10.2. The summed E-state index contributed by atoms with van der Waals surface area (Å²) in [5.74, 6) is 0.0800. The molecule has 0 bridgehead atoms. The molecule has 0 aromatic carbocycles. The predicted octanol–water partition coefficient (Wildman–Crippen LogP) is 0.316. The third kappa shape index (κ3) is 5.13. The molecular weight excluding hydrogens is 268 g/mol. The Morgan fingerprint density at radius 1 is 1.52 bits per heavy atom. The van der Waals surface area contributed by atoms with Gasteiger partial charge >= 0.3 is 0 Å². The predicted molar refractivity (Wildman–Crippen MR) is 80.8 cm³/mol. The first-order valence-electron chi connectivity index (χ1n) is 7.78. The minimum Gasteiger partial charge on any atom is -0.395 e. The third-order valence-electron chi connectivity index (χ3n) is 4.08. The Morgan fingerprint density at radius 3 is 3.10 bits per heavy atom. The molecule has 2 heterocycles. The van der Waals surface area contributed by atoms with Crippen LogP contribution in [0.1, 0.15) is 31.2 Å². The summed E-state index contributed by atoms with van der Waals surface area (Å²) in [6.45, 7) is 2.72. The molecule has 1 atom stereocenters. The zero-order valence-electron chi connectivity index (χ0n) is 12.8. The van der Waals surface area contributed by atoms with Crippen LogP contribution in [0.3, 0.4) is 0 Å². The van der Waals surface area contributed by atoms with Gasteiger partial charge < -0.3 is 10.4 Å². The van der Waals surface area contributed by atoms with E-state index in [0.29, 0.717) is 13.0 Å². The molecule has 118 valence electrons. The van der Waals surface area contributed by atoms with Crippen molar-refractivity contribution in [2.45, 2.75) is 38.1 Å². The number of nitrogens with one attached hydrogen (secondary N) is 1. The van der Waals surface area contributed by atoms with Gasteiger partial charge in [-0.15, -0.1) is 0 Å². The Balaban J connectivity index is 1.62. The number of aliphatic hydroxyl groups excluding tert-OH is 1. The molecule has 0 spiro atoms. The summed E-state index contributed by atoms with van der Waals surface area (Å²) in [6.07, 6.45) is 8.40. The fourth-order valence-corrected chi connectivity index (χ4v) is 2.85. The lowest BCUT2D eigenvalue weighted by molar-refractivity contribution is -0.121. The number of hydrogen-bond donors (Lipinski definition) is 2. The van der Waals surface area contributed by atoms with Crippen molar-refractivity contribution in [3.8, 4) is 0 Å². The van der Waals surface area contributed by atoms with Crippen LogP contribution in [0, 0.1) is 0 Å². The highest BCUT2D eigenvalue weighted by atomic mass is 16.3. The molecule has 1 aromatic rings. The maximum atomic E-state index is 11.8. The lowest BCUT2D eigenvalue weighted by atomic mass is 10.0. The summed E-state index contributed by atoms with van der Waals surface area (Å²) in [7, 11) is 1.87. The van der Waals surface area contributed by atoms with Gasteiger partial charge in [0.1, 0.15) is 0 Å². The molecular formula is C15H26N4O2. The van der Waals surface area contributed by atoms with Gasteiger partial charge in [-0.05, 0) is 31.4 Å². The molecule has 1 aromatic heterocycles. The van der Waals surface area contributed by atoms with Crippen molar-refractivity contribution < 1.29 is 9.90 Å². The first kappa shape index (κ1) is 16.0. The van der Waals surface area contributed by atoms with E-state index in [-0.39, 0.29) is 18.6 Å². The Kier molecular flexibility index (Phi) is 6.20. The normalized spacial score (nSPS) is 19.6. The van der Waals surface area contributed by atoms with E-state index in [4.69, 9.17) is 0 Å². The van der Waals surface area contributed by atoms with Gasteiger partial charge in [-0.3, -0.25) is 14.4 Å². The van der Waals surface area contributed by atoms with E-state index >= 15 is 0 Å². The van der Waals surface area contributed by atoms with Crippen LogP contribution in [0.25, 0.3) is 0 Å². The van der Waals surface area contributed by atoms with Gasteiger partial charge in [0, 0.05) is 38.8 Å². The number of carbonyl (C=O) groups excluding carboxylic acids is 1. The highest BCUT2D eigenvalue weighted by Crippen LogP contribution is 2.15. The van der Waals surface area contributed by atoms with Crippen LogP contribution in [0.5, 0.6) is 0 Å². The van der Waals surface area contributed by atoms with E-state index in [1.54, 1.807) is 10.9 Å². The average Bonchev–Trinajstić information content (AvgIpc) is 2.91.